The number of H-pyrrole nitrogens is 1. The Labute approximate surface area is 155 Å². The monoisotopic (exact) mass is 449 g/mol. The SMILES string of the molecule is C/C(=N/NC(=O)c1cc(Br)ccc1O)c1c[nH]c2ccc(Br)cc12. The molecule has 24 heavy (non-hydrogen) atoms. The van der Waals surface area contributed by atoms with Crippen molar-refractivity contribution in [3.05, 3.63) is 62.7 Å². The van der Waals surface area contributed by atoms with Crippen molar-refractivity contribution in [2.45, 2.75) is 6.92 Å². The molecule has 122 valence electrons. The minimum atomic E-state index is -0.478. The molecule has 0 atom stereocenters. The topological polar surface area (TPSA) is 77.5 Å². The molecule has 1 heterocycles. The molecule has 0 fully saturated rings. The largest absolute Gasteiger partial charge is 0.507 e. The van der Waals surface area contributed by atoms with Gasteiger partial charge in [-0.2, -0.15) is 5.10 Å². The maximum atomic E-state index is 12.2. The Kier molecular flexibility index (Phi) is 4.73. The van der Waals surface area contributed by atoms with Gasteiger partial charge in [-0.1, -0.05) is 31.9 Å². The van der Waals surface area contributed by atoms with E-state index in [0.717, 1.165) is 20.9 Å². The Bertz CT molecular complexity index is 964. The van der Waals surface area contributed by atoms with Crippen LogP contribution in [0.2, 0.25) is 0 Å². The van der Waals surface area contributed by atoms with Crippen LogP contribution >= 0.6 is 31.9 Å². The molecule has 0 radical (unpaired) electrons. The minimum Gasteiger partial charge on any atom is -0.507 e. The summed E-state index contributed by atoms with van der Waals surface area (Å²) < 4.78 is 1.67. The first-order valence-electron chi connectivity index (χ1n) is 7.06. The van der Waals surface area contributed by atoms with Gasteiger partial charge in [0.2, 0.25) is 0 Å². The maximum absolute atomic E-state index is 12.2. The molecule has 3 N–H and O–H groups in total. The lowest BCUT2D eigenvalue weighted by Crippen LogP contribution is -2.19. The van der Waals surface area contributed by atoms with E-state index in [0.29, 0.717) is 10.2 Å². The van der Waals surface area contributed by atoms with Gasteiger partial charge in [-0.15, -0.1) is 0 Å². The van der Waals surface area contributed by atoms with E-state index in [4.69, 9.17) is 0 Å². The summed E-state index contributed by atoms with van der Waals surface area (Å²) in [5, 5.41) is 14.9. The Morgan fingerprint density at radius 3 is 2.62 bits per heavy atom. The first-order chi connectivity index (χ1) is 11.5. The first kappa shape index (κ1) is 16.7. The van der Waals surface area contributed by atoms with Crippen molar-refractivity contribution in [1.29, 1.82) is 0 Å². The molecule has 0 aliphatic rings. The highest BCUT2D eigenvalue weighted by Crippen LogP contribution is 2.24. The molecular formula is C17H13Br2N3O2. The number of aromatic amines is 1. The van der Waals surface area contributed by atoms with E-state index in [1.807, 2.05) is 31.3 Å². The number of fused-ring (bicyclic) bond motifs is 1. The molecule has 0 aliphatic carbocycles. The number of carbonyl (C=O) groups is 1. The van der Waals surface area contributed by atoms with Gasteiger partial charge >= 0.3 is 0 Å². The minimum absolute atomic E-state index is 0.0976. The van der Waals surface area contributed by atoms with Crippen LogP contribution in [0.5, 0.6) is 5.75 Å². The zero-order valence-corrected chi connectivity index (χ0v) is 15.8. The molecule has 2 aromatic carbocycles. The first-order valence-corrected chi connectivity index (χ1v) is 8.64. The predicted octanol–water partition coefficient (Wildman–Crippen LogP) is 4.55. The third kappa shape index (κ3) is 3.37. The number of rotatable bonds is 3. The number of hydrogen-bond acceptors (Lipinski definition) is 3. The summed E-state index contributed by atoms with van der Waals surface area (Å²) in [6, 6.07) is 10.6. The number of aromatic hydroxyl groups is 1. The highest BCUT2D eigenvalue weighted by atomic mass is 79.9. The van der Waals surface area contributed by atoms with Crippen molar-refractivity contribution in [3.8, 4) is 5.75 Å². The summed E-state index contributed by atoms with van der Waals surface area (Å²) in [4.78, 5) is 15.4. The highest BCUT2D eigenvalue weighted by molar-refractivity contribution is 9.10. The van der Waals surface area contributed by atoms with Crippen molar-refractivity contribution in [2.75, 3.05) is 0 Å². The zero-order chi connectivity index (χ0) is 17.3. The Morgan fingerprint density at radius 1 is 1.12 bits per heavy atom. The number of halogens is 2. The fraction of sp³-hybridized carbons (Fsp3) is 0.0588. The standard InChI is InChI=1S/C17H13Br2N3O2/c1-9(14-8-20-15-4-2-10(18)6-12(14)15)21-22-17(24)13-7-11(19)3-5-16(13)23/h2-8,20,23H,1H3,(H,22,24)/b21-9-. The number of benzene rings is 2. The Balaban J connectivity index is 1.86. The third-order valence-electron chi connectivity index (χ3n) is 3.56. The number of amides is 1. The lowest BCUT2D eigenvalue weighted by molar-refractivity contribution is 0.0952. The molecular weight excluding hydrogens is 438 g/mol. The fourth-order valence-corrected chi connectivity index (χ4v) is 3.06. The average Bonchev–Trinajstić information content (AvgIpc) is 2.97. The number of aromatic nitrogens is 1. The number of phenols is 1. The van der Waals surface area contributed by atoms with Crippen LogP contribution in [-0.4, -0.2) is 21.7 Å². The molecule has 0 saturated carbocycles. The van der Waals surface area contributed by atoms with Crippen LogP contribution in [0, 0.1) is 0 Å². The second-order valence-corrected chi connectivity index (χ2v) is 7.02. The molecule has 0 aliphatic heterocycles. The van der Waals surface area contributed by atoms with Crippen molar-refractivity contribution < 1.29 is 9.90 Å². The van der Waals surface area contributed by atoms with Gasteiger partial charge in [0, 0.05) is 31.6 Å². The quantitative estimate of drug-likeness (QED) is 0.404. The van der Waals surface area contributed by atoms with Crippen LogP contribution in [0.3, 0.4) is 0 Å². The smallest absolute Gasteiger partial charge is 0.275 e. The van der Waals surface area contributed by atoms with Gasteiger partial charge in [0.1, 0.15) is 5.75 Å². The summed E-state index contributed by atoms with van der Waals surface area (Å²) >= 11 is 6.73. The fourth-order valence-electron chi connectivity index (χ4n) is 2.34. The summed E-state index contributed by atoms with van der Waals surface area (Å²) in [5.41, 5.74) is 5.17. The summed E-state index contributed by atoms with van der Waals surface area (Å²) in [6.45, 7) is 1.81. The van der Waals surface area contributed by atoms with Crippen molar-refractivity contribution in [1.82, 2.24) is 10.4 Å². The van der Waals surface area contributed by atoms with Crippen LogP contribution in [0.25, 0.3) is 10.9 Å². The van der Waals surface area contributed by atoms with Gasteiger partial charge in [-0.05, 0) is 43.3 Å². The molecule has 0 bridgehead atoms. The van der Waals surface area contributed by atoms with E-state index in [-0.39, 0.29) is 11.3 Å². The molecule has 3 rings (SSSR count). The van der Waals surface area contributed by atoms with E-state index in [1.54, 1.807) is 12.1 Å². The number of hydrazone groups is 1. The molecule has 0 unspecified atom stereocenters. The van der Waals surface area contributed by atoms with Gasteiger partial charge in [0.15, 0.2) is 0 Å². The lowest BCUT2D eigenvalue weighted by atomic mass is 10.1. The van der Waals surface area contributed by atoms with Gasteiger partial charge in [-0.3, -0.25) is 4.79 Å². The summed E-state index contributed by atoms with van der Waals surface area (Å²) in [5.74, 6) is -0.575. The van der Waals surface area contributed by atoms with Crippen LogP contribution in [0.4, 0.5) is 0 Å². The number of phenolic OH excluding ortho intramolecular Hbond substituents is 1. The highest BCUT2D eigenvalue weighted by Gasteiger charge is 2.12. The van der Waals surface area contributed by atoms with Crippen LogP contribution in [0.1, 0.15) is 22.8 Å². The number of nitrogens with one attached hydrogen (secondary N) is 2. The zero-order valence-electron chi connectivity index (χ0n) is 12.6. The summed E-state index contributed by atoms with van der Waals surface area (Å²) in [7, 11) is 0. The Hall–Kier alpha value is -2.12. The third-order valence-corrected chi connectivity index (χ3v) is 4.55. The predicted molar refractivity (Wildman–Crippen MR) is 101 cm³/mol. The second kappa shape index (κ2) is 6.78. The van der Waals surface area contributed by atoms with E-state index >= 15 is 0 Å². The van der Waals surface area contributed by atoms with Gasteiger partial charge in [-0.25, -0.2) is 5.43 Å². The molecule has 1 aromatic heterocycles. The van der Waals surface area contributed by atoms with Crippen LogP contribution in [0.15, 0.2) is 56.6 Å². The number of nitrogens with zero attached hydrogens (tertiary/aromatic N) is 1. The number of hydrogen-bond donors (Lipinski definition) is 3. The van der Waals surface area contributed by atoms with E-state index in [9.17, 15) is 9.90 Å². The molecule has 3 aromatic rings. The number of carbonyl (C=O) groups excluding carboxylic acids is 1. The van der Waals surface area contributed by atoms with Crippen LogP contribution < -0.4 is 5.43 Å². The summed E-state index contributed by atoms with van der Waals surface area (Å²) in [6.07, 6.45) is 1.85. The van der Waals surface area contributed by atoms with Gasteiger partial charge < -0.3 is 10.1 Å². The van der Waals surface area contributed by atoms with E-state index < -0.39 is 5.91 Å². The second-order valence-electron chi connectivity index (χ2n) is 5.19. The average molecular weight is 451 g/mol. The maximum Gasteiger partial charge on any atom is 0.275 e. The van der Waals surface area contributed by atoms with Crippen molar-refractivity contribution in [3.63, 3.8) is 0 Å². The van der Waals surface area contributed by atoms with Crippen LogP contribution in [-0.2, 0) is 0 Å². The Morgan fingerprint density at radius 2 is 1.83 bits per heavy atom. The molecule has 7 heteroatoms. The lowest BCUT2D eigenvalue weighted by Gasteiger charge is -2.05. The molecule has 0 spiro atoms. The van der Waals surface area contributed by atoms with Crippen molar-refractivity contribution in [2.24, 2.45) is 5.10 Å². The van der Waals surface area contributed by atoms with E-state index in [1.165, 1.54) is 6.07 Å². The molecule has 1 amide bonds. The van der Waals surface area contributed by atoms with Gasteiger partial charge in [0.25, 0.3) is 5.91 Å². The van der Waals surface area contributed by atoms with Gasteiger partial charge in [0.05, 0.1) is 11.3 Å². The van der Waals surface area contributed by atoms with E-state index in [2.05, 4.69) is 47.4 Å². The molecule has 0 saturated heterocycles. The molecule has 5 nitrogen and oxygen atoms in total. The van der Waals surface area contributed by atoms with Crippen molar-refractivity contribution >= 4 is 54.4 Å². The normalized spacial score (nSPS) is 11.7.